The number of halogens is 2. The molecular formula is C19H28Cl2N8O8+2. The van der Waals surface area contributed by atoms with Crippen LogP contribution in [0.3, 0.4) is 0 Å². The molecule has 4 aromatic rings. The molecule has 0 spiro atoms. The molecule has 16 nitrogen and oxygen atoms in total. The summed E-state index contributed by atoms with van der Waals surface area (Å²) >= 11 is 0. The number of aryl methyl sites for hydroxylation is 6. The molecule has 0 fully saturated rings. The Morgan fingerprint density at radius 3 is 1.27 bits per heavy atom. The maximum Gasteiger partial charge on any atom is 0.387 e. The third kappa shape index (κ3) is 8.71. The average molecular weight is 567 g/mol. The summed E-state index contributed by atoms with van der Waals surface area (Å²) in [5, 5.41) is 9.68. The van der Waals surface area contributed by atoms with Crippen LogP contribution in [0.2, 0.25) is 0 Å². The van der Waals surface area contributed by atoms with Crippen LogP contribution in [0.4, 0.5) is 0 Å². The van der Waals surface area contributed by atoms with Gasteiger partial charge in [-0.25, -0.2) is 9.13 Å². The van der Waals surface area contributed by atoms with Crippen molar-refractivity contribution in [1.29, 1.82) is 0 Å². The zero-order valence-corrected chi connectivity index (χ0v) is 22.5. The lowest BCUT2D eigenvalue weighted by atomic mass is 10.3. The van der Waals surface area contributed by atoms with Gasteiger partial charge >= 0.3 is 11.6 Å². The van der Waals surface area contributed by atoms with E-state index in [2.05, 4.69) is 49.0 Å². The first-order valence-corrected chi connectivity index (χ1v) is 13.2. The highest BCUT2D eigenvalue weighted by molar-refractivity contribution is 5.27. The minimum Gasteiger partial charge on any atom is -0.221 e. The fourth-order valence-corrected chi connectivity index (χ4v) is 3.73. The minimum absolute atomic E-state index is 0.630. The normalized spacial score (nSPS) is 11.8. The predicted octanol–water partition coefficient (Wildman–Crippen LogP) is -7.04. The van der Waals surface area contributed by atoms with E-state index in [0.717, 1.165) is 59.1 Å². The predicted molar refractivity (Wildman–Crippen MR) is 104 cm³/mol. The van der Waals surface area contributed by atoms with Gasteiger partial charge in [-0.3, -0.25) is 0 Å². The lowest BCUT2D eigenvalue weighted by Gasteiger charge is -2.03. The van der Waals surface area contributed by atoms with Crippen LogP contribution in [0, 0.1) is 48.2 Å². The van der Waals surface area contributed by atoms with Crippen LogP contribution < -0.4 is 37.1 Å². The summed E-state index contributed by atoms with van der Waals surface area (Å²) in [7, 11) is -9.39. The zero-order chi connectivity index (χ0) is 28.3. The second-order valence-corrected chi connectivity index (χ2v) is 9.38. The van der Waals surface area contributed by atoms with Crippen LogP contribution >= 0.6 is 0 Å². The second kappa shape index (κ2) is 11.8. The molecule has 4 heterocycles. The SMILES string of the molecule is CC[n+]1c(Cc2nn3c(C)cc(C)nc3[n+]2CC)nn2c(C)cc(C)nc21.[O-][Cl+3]([O-])([O-])O.[O-][Cl+3]([O-])([O-])O. The van der Waals surface area contributed by atoms with E-state index in [1.165, 1.54) is 0 Å². The van der Waals surface area contributed by atoms with Crippen LogP contribution in [0.25, 0.3) is 11.6 Å². The van der Waals surface area contributed by atoms with Gasteiger partial charge in [0.2, 0.25) is 0 Å². The largest absolute Gasteiger partial charge is 0.387 e. The van der Waals surface area contributed by atoms with Crippen LogP contribution in [0.15, 0.2) is 12.1 Å². The van der Waals surface area contributed by atoms with Crippen molar-refractivity contribution < 1.29 is 66.9 Å². The Morgan fingerprint density at radius 1 is 0.703 bits per heavy atom. The van der Waals surface area contributed by atoms with Gasteiger partial charge in [0.25, 0.3) is 11.6 Å². The first-order chi connectivity index (χ1) is 16.9. The van der Waals surface area contributed by atoms with Crippen molar-refractivity contribution in [2.45, 2.75) is 61.1 Å². The molecule has 0 amide bonds. The Morgan fingerprint density at radius 2 is 1.00 bits per heavy atom. The summed E-state index contributed by atoms with van der Waals surface area (Å²) in [5.74, 6) is 3.67. The fraction of sp³-hybridized carbons (Fsp3) is 0.474. The smallest absolute Gasteiger partial charge is 0.221 e. The zero-order valence-electron chi connectivity index (χ0n) is 21.0. The summed E-state index contributed by atoms with van der Waals surface area (Å²) in [6.07, 6.45) is 0.630. The van der Waals surface area contributed by atoms with E-state index in [1.54, 1.807) is 0 Å². The topological polar surface area (TPSA) is 247 Å². The van der Waals surface area contributed by atoms with E-state index in [1.807, 2.05) is 22.9 Å². The molecule has 0 saturated carbocycles. The summed E-state index contributed by atoms with van der Waals surface area (Å²) in [6, 6.07) is 4.11. The summed E-state index contributed by atoms with van der Waals surface area (Å²) in [4.78, 5) is 9.40. The van der Waals surface area contributed by atoms with Crippen molar-refractivity contribution in [1.82, 2.24) is 29.2 Å². The molecule has 2 N–H and O–H groups in total. The van der Waals surface area contributed by atoms with Crippen LogP contribution in [-0.2, 0) is 19.5 Å². The first kappa shape index (κ1) is 30.6. The summed E-state index contributed by atoms with van der Waals surface area (Å²) < 4.78 is 73.6. The molecule has 0 aromatic carbocycles. The Hall–Kier alpha value is -2.64. The second-order valence-electron chi connectivity index (χ2n) is 7.79. The number of fused-ring (bicyclic) bond motifs is 2. The molecular weight excluding hydrogens is 539 g/mol. The molecule has 0 saturated heterocycles. The average Bonchev–Trinajstić information content (AvgIpc) is 3.23. The monoisotopic (exact) mass is 566 g/mol. The Balaban J connectivity index is 0.000000412. The number of aromatic nitrogens is 8. The molecule has 0 aliphatic carbocycles. The van der Waals surface area contributed by atoms with Gasteiger partial charge in [0, 0.05) is 12.1 Å². The molecule has 0 bridgehead atoms. The van der Waals surface area contributed by atoms with Gasteiger partial charge in [0.15, 0.2) is 0 Å². The van der Waals surface area contributed by atoms with E-state index in [4.69, 9.17) is 57.4 Å². The van der Waals surface area contributed by atoms with Gasteiger partial charge in [0.1, 0.15) is 29.2 Å². The van der Waals surface area contributed by atoms with Gasteiger partial charge in [-0.05, 0) is 51.7 Å². The molecule has 0 unspecified atom stereocenters. The van der Waals surface area contributed by atoms with Crippen LogP contribution in [0.1, 0.15) is 48.3 Å². The van der Waals surface area contributed by atoms with E-state index < -0.39 is 20.5 Å². The van der Waals surface area contributed by atoms with E-state index in [0.29, 0.717) is 6.42 Å². The minimum atomic E-state index is -4.69. The maximum absolute atomic E-state index is 8.60. The van der Waals surface area contributed by atoms with Crippen LogP contribution in [-0.4, -0.2) is 38.5 Å². The molecule has 0 atom stereocenters. The van der Waals surface area contributed by atoms with Crippen molar-refractivity contribution in [3.05, 3.63) is 46.6 Å². The molecule has 0 aliphatic rings. The Kier molecular flexibility index (Phi) is 9.77. The van der Waals surface area contributed by atoms with Crippen molar-refractivity contribution in [3.8, 4) is 0 Å². The lowest BCUT2D eigenvalue weighted by molar-refractivity contribution is -1.92. The van der Waals surface area contributed by atoms with Crippen LogP contribution in [0.5, 0.6) is 0 Å². The van der Waals surface area contributed by atoms with Crippen molar-refractivity contribution in [2.24, 2.45) is 0 Å². The van der Waals surface area contributed by atoms with E-state index in [-0.39, 0.29) is 0 Å². The molecule has 0 radical (unpaired) electrons. The Labute approximate surface area is 215 Å². The molecule has 37 heavy (non-hydrogen) atoms. The highest BCUT2D eigenvalue weighted by Crippen LogP contribution is 2.09. The number of rotatable bonds is 4. The standard InChI is InChI=1S/C19H26N8.2ClHO4/c1-7-24-16(22-26-14(5)9-12(3)20-18(24)26)11-17-23-27-15(6)10-13(4)21-19(27)25(17)8-2;2*2-1(3,4)5/h9-10H,7-8,11H2,1-6H3;2*(H,2,3,4,5)/q+2;;. The maximum atomic E-state index is 8.60. The fourth-order valence-electron chi connectivity index (χ4n) is 3.73. The van der Waals surface area contributed by atoms with Gasteiger partial charge in [0.05, 0.1) is 42.9 Å². The Bertz CT molecular complexity index is 1270. The number of hydrogen-bond acceptors (Lipinski definition) is 12. The van der Waals surface area contributed by atoms with Gasteiger partial charge < -0.3 is 0 Å². The van der Waals surface area contributed by atoms with Crippen molar-refractivity contribution in [3.63, 3.8) is 0 Å². The summed E-state index contributed by atoms with van der Waals surface area (Å²) in [6.45, 7) is 14.0. The quantitative estimate of drug-likeness (QED) is 0.218. The summed E-state index contributed by atoms with van der Waals surface area (Å²) in [5.41, 5.74) is 4.16. The highest BCUT2D eigenvalue weighted by Gasteiger charge is 2.28. The third-order valence-electron chi connectivity index (χ3n) is 4.92. The van der Waals surface area contributed by atoms with Crippen molar-refractivity contribution in [2.75, 3.05) is 0 Å². The highest BCUT2D eigenvalue weighted by atomic mass is 35.7. The van der Waals surface area contributed by atoms with E-state index >= 15 is 0 Å². The van der Waals surface area contributed by atoms with Gasteiger partial charge in [-0.2, -0.15) is 28.0 Å². The lowest BCUT2D eigenvalue weighted by Crippen LogP contribution is -2.58. The van der Waals surface area contributed by atoms with Gasteiger partial charge in [-0.15, -0.1) is 9.97 Å². The number of hydrogen-bond donors (Lipinski definition) is 2. The van der Waals surface area contributed by atoms with Gasteiger partial charge in [-0.1, -0.05) is 9.03 Å². The molecule has 0 aliphatic heterocycles. The van der Waals surface area contributed by atoms with E-state index in [9.17, 15) is 0 Å². The molecule has 18 heteroatoms. The molecule has 4 aromatic heterocycles. The molecule has 204 valence electrons. The number of nitrogens with zero attached hydrogens (tertiary/aromatic N) is 8. The van der Waals surface area contributed by atoms with Crippen molar-refractivity contribution >= 4 is 11.6 Å². The molecule has 4 rings (SSSR count). The first-order valence-electron chi connectivity index (χ1n) is 10.7. The third-order valence-corrected chi connectivity index (χ3v) is 4.92.